The topological polar surface area (TPSA) is 26.3 Å². The molecule has 0 aromatic heterocycles. The van der Waals surface area contributed by atoms with Gasteiger partial charge in [0.25, 0.3) is 0 Å². The fourth-order valence-electron chi connectivity index (χ4n) is 0.959. The summed E-state index contributed by atoms with van der Waals surface area (Å²) in [5.74, 6) is -1.25. The number of rotatable bonds is 3. The van der Waals surface area contributed by atoms with E-state index in [1.54, 1.807) is 0 Å². The van der Waals surface area contributed by atoms with Crippen molar-refractivity contribution in [1.82, 2.24) is 0 Å². The molecule has 0 radical (unpaired) electrons. The molecule has 7 heteroatoms. The van der Waals surface area contributed by atoms with Gasteiger partial charge >= 0.3 is 6.36 Å². The van der Waals surface area contributed by atoms with Crippen molar-refractivity contribution in [3.05, 3.63) is 28.8 Å². The van der Waals surface area contributed by atoms with Gasteiger partial charge in [-0.15, -0.1) is 24.8 Å². The lowest BCUT2D eigenvalue weighted by Crippen LogP contribution is -2.17. The fourth-order valence-corrected chi connectivity index (χ4v) is 1.33. The molecule has 0 heterocycles. The molecule has 0 aliphatic rings. The number of carbonyl (C=O) groups is 1. The SMILES string of the molecule is O=C(CCl)c1ccc(OC(F)(F)F)c(Cl)c1. The highest BCUT2D eigenvalue weighted by Gasteiger charge is 2.32. The van der Waals surface area contributed by atoms with Gasteiger partial charge in [0.1, 0.15) is 5.75 Å². The minimum atomic E-state index is -4.82. The van der Waals surface area contributed by atoms with Gasteiger partial charge in [-0.2, -0.15) is 0 Å². The molecule has 1 rings (SSSR count). The molecule has 16 heavy (non-hydrogen) atoms. The molecule has 0 fully saturated rings. The van der Waals surface area contributed by atoms with Crippen LogP contribution in [-0.2, 0) is 0 Å². The van der Waals surface area contributed by atoms with Gasteiger partial charge < -0.3 is 4.74 Å². The Kier molecular flexibility index (Phi) is 4.04. The minimum Gasteiger partial charge on any atom is -0.404 e. The smallest absolute Gasteiger partial charge is 0.404 e. The van der Waals surface area contributed by atoms with Crippen LogP contribution in [-0.4, -0.2) is 18.0 Å². The monoisotopic (exact) mass is 272 g/mol. The normalized spacial score (nSPS) is 11.3. The van der Waals surface area contributed by atoms with Crippen molar-refractivity contribution >= 4 is 29.0 Å². The van der Waals surface area contributed by atoms with Crippen molar-refractivity contribution in [2.24, 2.45) is 0 Å². The first kappa shape index (κ1) is 13.1. The maximum Gasteiger partial charge on any atom is 0.573 e. The number of carbonyl (C=O) groups excluding carboxylic acids is 1. The van der Waals surface area contributed by atoms with E-state index in [0.29, 0.717) is 0 Å². The Labute approximate surface area is 98.9 Å². The summed E-state index contributed by atoms with van der Waals surface area (Å²) in [6.07, 6.45) is -4.82. The van der Waals surface area contributed by atoms with Gasteiger partial charge in [0, 0.05) is 5.56 Å². The summed E-state index contributed by atoms with van der Waals surface area (Å²) in [6, 6.07) is 3.21. The molecule has 0 aliphatic heterocycles. The van der Waals surface area contributed by atoms with Crippen LogP contribution in [0, 0.1) is 0 Å². The van der Waals surface area contributed by atoms with Crippen LogP contribution in [0.15, 0.2) is 18.2 Å². The van der Waals surface area contributed by atoms with E-state index < -0.39 is 17.9 Å². The van der Waals surface area contributed by atoms with Crippen molar-refractivity contribution < 1.29 is 22.7 Å². The predicted octanol–water partition coefficient (Wildman–Crippen LogP) is 3.66. The van der Waals surface area contributed by atoms with Crippen molar-refractivity contribution in [3.63, 3.8) is 0 Å². The van der Waals surface area contributed by atoms with Crippen LogP contribution in [0.25, 0.3) is 0 Å². The highest BCUT2D eigenvalue weighted by atomic mass is 35.5. The van der Waals surface area contributed by atoms with E-state index in [9.17, 15) is 18.0 Å². The Bertz CT molecular complexity index is 404. The van der Waals surface area contributed by atoms with Crippen molar-refractivity contribution in [1.29, 1.82) is 0 Å². The third-order valence-corrected chi connectivity index (χ3v) is 2.14. The highest BCUT2D eigenvalue weighted by molar-refractivity contribution is 6.33. The third-order valence-electron chi connectivity index (χ3n) is 1.60. The van der Waals surface area contributed by atoms with E-state index >= 15 is 0 Å². The zero-order valence-electron chi connectivity index (χ0n) is 7.65. The summed E-state index contributed by atoms with van der Waals surface area (Å²) in [6.45, 7) is 0. The van der Waals surface area contributed by atoms with E-state index in [0.717, 1.165) is 18.2 Å². The van der Waals surface area contributed by atoms with Crippen LogP contribution in [0.4, 0.5) is 13.2 Å². The van der Waals surface area contributed by atoms with Gasteiger partial charge in [0.15, 0.2) is 5.78 Å². The van der Waals surface area contributed by atoms with Gasteiger partial charge in [0.05, 0.1) is 10.9 Å². The number of hydrogen-bond acceptors (Lipinski definition) is 2. The maximum absolute atomic E-state index is 11.9. The summed E-state index contributed by atoms with van der Waals surface area (Å²) in [5.41, 5.74) is 0.134. The van der Waals surface area contributed by atoms with Gasteiger partial charge in [-0.3, -0.25) is 4.79 Å². The van der Waals surface area contributed by atoms with Crippen LogP contribution in [0.2, 0.25) is 5.02 Å². The highest BCUT2D eigenvalue weighted by Crippen LogP contribution is 2.30. The average molecular weight is 273 g/mol. The summed E-state index contributed by atoms with van der Waals surface area (Å²) in [7, 11) is 0. The lowest BCUT2D eigenvalue weighted by Gasteiger charge is -2.10. The predicted molar refractivity (Wildman–Crippen MR) is 53.2 cm³/mol. The van der Waals surface area contributed by atoms with Crippen molar-refractivity contribution in [2.75, 3.05) is 5.88 Å². The molecule has 0 atom stereocenters. The lowest BCUT2D eigenvalue weighted by atomic mass is 10.1. The van der Waals surface area contributed by atoms with Crippen LogP contribution in [0.1, 0.15) is 10.4 Å². The summed E-state index contributed by atoms with van der Waals surface area (Å²) in [5, 5.41) is -0.298. The molecule has 0 aliphatic carbocycles. The third kappa shape index (κ3) is 3.57. The quantitative estimate of drug-likeness (QED) is 0.620. The van der Waals surface area contributed by atoms with Crippen LogP contribution in [0.3, 0.4) is 0 Å². The van der Waals surface area contributed by atoms with E-state index in [4.69, 9.17) is 23.2 Å². The summed E-state index contributed by atoms with van der Waals surface area (Å²) in [4.78, 5) is 11.1. The number of hydrogen-bond donors (Lipinski definition) is 0. The Hall–Kier alpha value is -0.940. The van der Waals surface area contributed by atoms with Gasteiger partial charge in [0.2, 0.25) is 0 Å². The molecular formula is C9H5Cl2F3O2. The molecule has 88 valence electrons. The standard InChI is InChI=1S/C9H5Cl2F3O2/c10-4-7(15)5-1-2-8(6(11)3-5)16-9(12,13)14/h1-3H,4H2. The molecular weight excluding hydrogens is 268 g/mol. The minimum absolute atomic E-state index is 0.134. The first-order valence-corrected chi connectivity index (χ1v) is 4.89. The molecule has 0 bridgehead atoms. The Morgan fingerprint density at radius 2 is 2.00 bits per heavy atom. The Morgan fingerprint density at radius 3 is 2.44 bits per heavy atom. The molecule has 0 saturated heterocycles. The second kappa shape index (κ2) is 4.93. The zero-order valence-corrected chi connectivity index (χ0v) is 9.16. The van der Waals surface area contributed by atoms with Crippen LogP contribution >= 0.6 is 23.2 Å². The summed E-state index contributed by atoms with van der Waals surface area (Å²) >= 11 is 10.8. The van der Waals surface area contributed by atoms with E-state index in [1.165, 1.54) is 0 Å². The first-order valence-electron chi connectivity index (χ1n) is 3.98. The number of halogens is 5. The van der Waals surface area contributed by atoms with E-state index in [2.05, 4.69) is 4.74 Å². The number of ether oxygens (including phenoxy) is 1. The second-order valence-electron chi connectivity index (χ2n) is 2.75. The first-order chi connectivity index (χ1) is 7.33. The van der Waals surface area contributed by atoms with Crippen molar-refractivity contribution in [3.8, 4) is 5.75 Å². The molecule has 0 N–H and O–H groups in total. The molecule has 0 amide bonds. The largest absolute Gasteiger partial charge is 0.573 e. The Balaban J connectivity index is 2.96. The molecule has 0 saturated carbocycles. The number of ketones is 1. The van der Waals surface area contributed by atoms with E-state index in [1.807, 2.05) is 0 Å². The zero-order chi connectivity index (χ0) is 12.3. The molecule has 1 aromatic carbocycles. The maximum atomic E-state index is 11.9. The molecule has 1 aromatic rings. The fraction of sp³-hybridized carbons (Fsp3) is 0.222. The van der Waals surface area contributed by atoms with Crippen LogP contribution in [0.5, 0.6) is 5.75 Å². The second-order valence-corrected chi connectivity index (χ2v) is 3.42. The average Bonchev–Trinajstić information content (AvgIpc) is 2.18. The van der Waals surface area contributed by atoms with E-state index in [-0.39, 0.29) is 16.5 Å². The molecule has 0 spiro atoms. The number of alkyl halides is 4. The molecule has 2 nitrogen and oxygen atoms in total. The summed E-state index contributed by atoms with van der Waals surface area (Å²) < 4.78 is 39.3. The van der Waals surface area contributed by atoms with Gasteiger partial charge in [-0.05, 0) is 18.2 Å². The van der Waals surface area contributed by atoms with Crippen molar-refractivity contribution in [2.45, 2.75) is 6.36 Å². The lowest BCUT2D eigenvalue weighted by molar-refractivity contribution is -0.274. The number of benzene rings is 1. The van der Waals surface area contributed by atoms with Gasteiger partial charge in [-0.1, -0.05) is 11.6 Å². The molecule has 0 unspecified atom stereocenters. The van der Waals surface area contributed by atoms with Crippen LogP contribution < -0.4 is 4.74 Å². The number of Topliss-reactive ketones (excluding diaryl/α,β-unsaturated/α-hetero) is 1. The Morgan fingerprint density at radius 1 is 1.38 bits per heavy atom. The van der Waals surface area contributed by atoms with Gasteiger partial charge in [-0.25, -0.2) is 0 Å².